The van der Waals surface area contributed by atoms with Gasteiger partial charge >= 0.3 is 11.9 Å². The number of carbonyl (C=O) groups excluding carboxylic acids is 2. The molecule has 5 aromatic carbocycles. The number of rotatable bonds is 15. The second-order valence-electron chi connectivity index (χ2n) is 15.4. The van der Waals surface area contributed by atoms with Crippen LogP contribution in [0.3, 0.4) is 0 Å². The van der Waals surface area contributed by atoms with Gasteiger partial charge in [0, 0.05) is 11.8 Å². The van der Waals surface area contributed by atoms with Crippen molar-refractivity contribution >= 4 is 32.8 Å². The van der Waals surface area contributed by atoms with Gasteiger partial charge in [-0.25, -0.2) is 0 Å². The minimum atomic E-state index is -3.95. The van der Waals surface area contributed by atoms with Crippen molar-refractivity contribution in [1.29, 1.82) is 0 Å². The van der Waals surface area contributed by atoms with E-state index in [1.54, 1.807) is 18.2 Å². The Bertz CT molecular complexity index is 2070. The van der Waals surface area contributed by atoms with Gasteiger partial charge in [0.05, 0.1) is 12.1 Å². The zero-order valence-electron chi connectivity index (χ0n) is 32.0. The Morgan fingerprint density at radius 2 is 1.19 bits per heavy atom. The Morgan fingerprint density at radius 3 is 1.78 bits per heavy atom. The van der Waals surface area contributed by atoms with Crippen molar-refractivity contribution in [3.8, 4) is 0 Å². The molecule has 0 aliphatic carbocycles. The van der Waals surface area contributed by atoms with Crippen LogP contribution in [0.15, 0.2) is 132 Å². The van der Waals surface area contributed by atoms with E-state index in [0.717, 1.165) is 27.6 Å². The maximum Gasteiger partial charge on any atom is 0.323 e. The number of fused-ring (bicyclic) bond motifs is 1. The fraction of sp³-hybridized carbons (Fsp3) is 0.333. The van der Waals surface area contributed by atoms with Crippen molar-refractivity contribution in [3.63, 3.8) is 0 Å². The molecule has 0 spiro atoms. The second-order valence-corrected chi connectivity index (χ2v) is 17.0. The predicted molar refractivity (Wildman–Crippen MR) is 212 cm³/mol. The molecule has 0 aliphatic rings. The number of ether oxygens (including phenoxy) is 2. The molecule has 0 saturated heterocycles. The van der Waals surface area contributed by atoms with Gasteiger partial charge in [-0.1, -0.05) is 121 Å². The first-order valence-corrected chi connectivity index (χ1v) is 19.8. The maximum absolute atomic E-state index is 14.0. The van der Waals surface area contributed by atoms with Crippen LogP contribution < -0.4 is 5.32 Å². The van der Waals surface area contributed by atoms with Crippen LogP contribution in [0, 0.1) is 0 Å². The molecule has 0 unspecified atom stereocenters. The molecule has 284 valence electrons. The summed E-state index contributed by atoms with van der Waals surface area (Å²) in [6.45, 7) is 10.9. The molecule has 0 amide bonds. The van der Waals surface area contributed by atoms with Crippen LogP contribution in [0.2, 0.25) is 0 Å². The summed E-state index contributed by atoms with van der Waals surface area (Å²) in [6.07, 6.45) is 1.21. The first-order chi connectivity index (χ1) is 25.6. The Labute approximate surface area is 320 Å². The SMILES string of the molecule is CC(C)(C)OC(=O)CC[C@H](NC(c1ccccc1)(c1ccccc1)c1ccc(CCCOS(=O)(=O)c2cccc3ccccc23)cc1)C(=O)OC(C)(C)C. The Hall–Kier alpha value is -4.83. The number of hydrogen-bond donors (Lipinski definition) is 1. The average Bonchev–Trinajstić information content (AvgIpc) is 3.13. The van der Waals surface area contributed by atoms with Crippen LogP contribution in [0.4, 0.5) is 0 Å². The molecule has 0 saturated carbocycles. The van der Waals surface area contributed by atoms with Crippen molar-refractivity contribution in [1.82, 2.24) is 5.32 Å². The summed E-state index contributed by atoms with van der Waals surface area (Å²) in [5, 5.41) is 5.17. The van der Waals surface area contributed by atoms with Crippen molar-refractivity contribution in [2.75, 3.05) is 6.61 Å². The van der Waals surface area contributed by atoms with Crippen molar-refractivity contribution in [2.24, 2.45) is 0 Å². The molecule has 0 radical (unpaired) electrons. The number of hydrogen-bond acceptors (Lipinski definition) is 8. The smallest absolute Gasteiger partial charge is 0.323 e. The summed E-state index contributed by atoms with van der Waals surface area (Å²) in [7, 11) is -3.95. The van der Waals surface area contributed by atoms with Crippen LogP contribution in [0.5, 0.6) is 0 Å². The van der Waals surface area contributed by atoms with Crippen molar-refractivity contribution in [3.05, 3.63) is 150 Å². The lowest BCUT2D eigenvalue weighted by molar-refractivity contribution is -0.159. The second kappa shape index (κ2) is 17.1. The van der Waals surface area contributed by atoms with Crippen molar-refractivity contribution in [2.45, 2.75) is 94.9 Å². The first kappa shape index (κ1) is 40.4. The van der Waals surface area contributed by atoms with E-state index in [0.29, 0.717) is 18.2 Å². The third kappa shape index (κ3) is 10.4. The fourth-order valence-electron chi connectivity index (χ4n) is 6.51. The fourth-order valence-corrected chi connectivity index (χ4v) is 7.67. The molecule has 54 heavy (non-hydrogen) atoms. The van der Waals surface area contributed by atoms with E-state index < -0.39 is 44.8 Å². The number of nitrogens with one attached hydrogen (secondary N) is 1. The van der Waals surface area contributed by atoms with Crippen LogP contribution in [0.25, 0.3) is 10.8 Å². The lowest BCUT2D eigenvalue weighted by atomic mass is 9.76. The highest BCUT2D eigenvalue weighted by Gasteiger charge is 2.41. The van der Waals surface area contributed by atoms with Crippen molar-refractivity contribution < 1.29 is 31.7 Å². The Balaban J connectivity index is 1.43. The summed E-state index contributed by atoms with van der Waals surface area (Å²) < 4.78 is 43.3. The van der Waals surface area contributed by atoms with E-state index in [-0.39, 0.29) is 24.3 Å². The summed E-state index contributed by atoms with van der Waals surface area (Å²) in [6, 6.07) is 39.5. The zero-order chi connectivity index (χ0) is 39.0. The van der Waals surface area contributed by atoms with Gasteiger partial charge in [0.25, 0.3) is 10.1 Å². The molecule has 1 N–H and O–H groups in total. The third-order valence-corrected chi connectivity index (χ3v) is 10.2. The maximum atomic E-state index is 14.0. The van der Waals surface area contributed by atoms with E-state index in [2.05, 4.69) is 5.32 Å². The summed E-state index contributed by atoms with van der Waals surface area (Å²) in [5.74, 6) is -0.876. The largest absolute Gasteiger partial charge is 0.460 e. The molecule has 1 atom stereocenters. The molecule has 0 bridgehead atoms. The first-order valence-electron chi connectivity index (χ1n) is 18.4. The van der Waals surface area contributed by atoms with Gasteiger partial charge in [-0.2, -0.15) is 8.42 Å². The molecule has 9 heteroatoms. The minimum absolute atomic E-state index is 0.00502. The van der Waals surface area contributed by atoms with Gasteiger partial charge in [0.15, 0.2) is 0 Å². The highest BCUT2D eigenvalue weighted by molar-refractivity contribution is 7.87. The highest BCUT2D eigenvalue weighted by atomic mass is 32.2. The molecule has 0 heterocycles. The van der Waals surface area contributed by atoms with E-state index >= 15 is 0 Å². The highest BCUT2D eigenvalue weighted by Crippen LogP contribution is 2.38. The molecular weight excluding hydrogens is 699 g/mol. The normalized spacial score (nSPS) is 13.0. The molecule has 0 aromatic heterocycles. The summed E-state index contributed by atoms with van der Waals surface area (Å²) in [4.78, 5) is 27.0. The lowest BCUT2D eigenvalue weighted by Crippen LogP contribution is -2.54. The van der Waals surface area contributed by atoms with Crippen LogP contribution in [-0.4, -0.2) is 44.2 Å². The van der Waals surface area contributed by atoms with Gasteiger partial charge in [-0.15, -0.1) is 0 Å². The van der Waals surface area contributed by atoms with E-state index in [9.17, 15) is 18.0 Å². The summed E-state index contributed by atoms with van der Waals surface area (Å²) in [5.41, 5.74) is 1.18. The third-order valence-electron chi connectivity index (χ3n) is 8.81. The monoisotopic (exact) mass is 749 g/mol. The standard InChI is InChI=1S/C45H51NO7S/c1-43(2,3)52-41(47)31-30-39(42(48)53-44(4,5)6)46-45(35-20-9-7-10-21-35,36-22-11-8-12-23-36)37-28-26-33(27-29-37)17-16-32-51-54(49,50)40-25-15-19-34-18-13-14-24-38(34)40/h7-15,18-29,39,46H,16-17,30-32H2,1-6H3/t39-/m0/s1. The van der Waals surface area contributed by atoms with Gasteiger partial charge in [-0.05, 0) is 94.5 Å². The lowest BCUT2D eigenvalue weighted by Gasteiger charge is -2.40. The number of benzene rings is 5. The van der Waals surface area contributed by atoms with Crippen LogP contribution in [-0.2, 0) is 45.3 Å². The Kier molecular flexibility index (Phi) is 12.8. The van der Waals surface area contributed by atoms with Gasteiger partial charge < -0.3 is 9.47 Å². The van der Waals surface area contributed by atoms with Gasteiger partial charge in [-0.3, -0.25) is 19.1 Å². The number of esters is 2. The molecule has 5 aromatic rings. The molecule has 8 nitrogen and oxygen atoms in total. The van der Waals surface area contributed by atoms with E-state index in [1.165, 1.54) is 0 Å². The molecule has 5 rings (SSSR count). The number of carbonyl (C=O) groups is 2. The topological polar surface area (TPSA) is 108 Å². The quantitative estimate of drug-likeness (QED) is 0.0490. The summed E-state index contributed by atoms with van der Waals surface area (Å²) >= 11 is 0. The Morgan fingerprint density at radius 1 is 0.648 bits per heavy atom. The predicted octanol–water partition coefficient (Wildman–Crippen LogP) is 8.89. The number of aryl methyl sites for hydroxylation is 1. The van der Waals surface area contributed by atoms with Gasteiger partial charge in [0.2, 0.25) is 0 Å². The zero-order valence-corrected chi connectivity index (χ0v) is 32.8. The minimum Gasteiger partial charge on any atom is -0.460 e. The average molecular weight is 750 g/mol. The molecule has 0 fully saturated rings. The van der Waals surface area contributed by atoms with Gasteiger partial charge in [0.1, 0.15) is 22.1 Å². The van der Waals surface area contributed by atoms with E-state index in [4.69, 9.17) is 13.7 Å². The molecule has 0 aliphatic heterocycles. The molecular formula is C45H51NO7S. The van der Waals surface area contributed by atoms with Crippen LogP contribution >= 0.6 is 0 Å². The van der Waals surface area contributed by atoms with E-state index in [1.807, 2.05) is 151 Å². The van der Waals surface area contributed by atoms with Crippen LogP contribution in [0.1, 0.15) is 83.1 Å².